The lowest BCUT2D eigenvalue weighted by Gasteiger charge is -2.37. The highest BCUT2D eigenvalue weighted by molar-refractivity contribution is 5.10. The minimum Gasteiger partial charge on any atom is -0.388 e. The number of hydrogen-bond donors (Lipinski definition) is 3. The fourth-order valence-corrected chi connectivity index (χ4v) is 2.32. The number of aromatic nitrogens is 3. The molecular weight excluding hydrogens is 218 g/mol. The molecule has 1 saturated heterocycles. The van der Waals surface area contributed by atoms with Gasteiger partial charge in [0.2, 0.25) is 0 Å². The second-order valence-corrected chi connectivity index (χ2v) is 5.03. The number of piperidine rings is 1. The molecular formula is C11H21N5O. The number of rotatable bonds is 3. The van der Waals surface area contributed by atoms with Crippen molar-refractivity contribution in [2.24, 2.45) is 5.73 Å². The molecule has 17 heavy (non-hydrogen) atoms. The van der Waals surface area contributed by atoms with E-state index in [1.807, 2.05) is 13.8 Å². The van der Waals surface area contributed by atoms with Gasteiger partial charge in [-0.25, -0.2) is 4.68 Å². The molecule has 0 aromatic carbocycles. The summed E-state index contributed by atoms with van der Waals surface area (Å²) in [5.74, 6) is 0. The van der Waals surface area contributed by atoms with Crippen molar-refractivity contribution < 1.29 is 5.11 Å². The largest absolute Gasteiger partial charge is 0.388 e. The second-order valence-electron chi connectivity index (χ2n) is 5.03. The van der Waals surface area contributed by atoms with Crippen LogP contribution in [0, 0.1) is 0 Å². The van der Waals surface area contributed by atoms with Crippen molar-refractivity contribution in [2.75, 3.05) is 13.1 Å². The molecule has 4 N–H and O–H groups in total. The molecule has 6 nitrogen and oxygen atoms in total. The van der Waals surface area contributed by atoms with E-state index in [9.17, 15) is 5.11 Å². The van der Waals surface area contributed by atoms with Crippen molar-refractivity contribution in [1.29, 1.82) is 0 Å². The molecule has 2 rings (SSSR count). The second kappa shape index (κ2) is 4.72. The van der Waals surface area contributed by atoms with Crippen LogP contribution in [-0.4, -0.2) is 38.8 Å². The molecule has 0 aliphatic carbocycles. The fraction of sp³-hybridized carbons (Fsp3) is 0.818. The van der Waals surface area contributed by atoms with Crippen LogP contribution in [0.25, 0.3) is 0 Å². The zero-order valence-electron chi connectivity index (χ0n) is 10.4. The Labute approximate surface area is 101 Å². The molecule has 0 saturated carbocycles. The Morgan fingerprint density at radius 2 is 2.12 bits per heavy atom. The van der Waals surface area contributed by atoms with Gasteiger partial charge in [0.25, 0.3) is 0 Å². The molecule has 1 fully saturated rings. The molecule has 0 radical (unpaired) electrons. The monoisotopic (exact) mass is 239 g/mol. The maximum absolute atomic E-state index is 10.6. The normalized spacial score (nSPS) is 21.7. The molecule has 0 amide bonds. The summed E-state index contributed by atoms with van der Waals surface area (Å²) in [6.45, 7) is 5.65. The minimum absolute atomic E-state index is 0.198. The smallest absolute Gasteiger partial charge is 0.0879 e. The Kier molecular flexibility index (Phi) is 3.46. The van der Waals surface area contributed by atoms with Crippen molar-refractivity contribution in [2.45, 2.75) is 44.4 Å². The first-order valence-corrected chi connectivity index (χ1v) is 6.13. The van der Waals surface area contributed by atoms with Crippen LogP contribution < -0.4 is 11.1 Å². The van der Waals surface area contributed by atoms with Crippen LogP contribution in [-0.2, 0) is 0 Å². The highest BCUT2D eigenvalue weighted by atomic mass is 16.3. The molecule has 1 atom stereocenters. The van der Waals surface area contributed by atoms with Crippen LogP contribution in [0.15, 0.2) is 6.20 Å². The Hall–Kier alpha value is -0.980. The first-order valence-electron chi connectivity index (χ1n) is 6.13. The summed E-state index contributed by atoms with van der Waals surface area (Å²) >= 11 is 0. The quantitative estimate of drug-likeness (QED) is 0.689. The third-order valence-electron chi connectivity index (χ3n) is 3.46. The lowest BCUT2D eigenvalue weighted by atomic mass is 9.84. The molecule has 6 heteroatoms. The Morgan fingerprint density at radius 3 is 2.71 bits per heavy atom. The summed E-state index contributed by atoms with van der Waals surface area (Å²) in [4.78, 5) is 0. The van der Waals surface area contributed by atoms with Crippen LogP contribution in [0.5, 0.6) is 0 Å². The number of hydrogen-bond acceptors (Lipinski definition) is 5. The first kappa shape index (κ1) is 12.5. The van der Waals surface area contributed by atoms with Crippen molar-refractivity contribution in [3.05, 3.63) is 11.9 Å². The summed E-state index contributed by atoms with van der Waals surface area (Å²) in [6, 6.07) is -0.231. The van der Waals surface area contributed by atoms with Crippen LogP contribution in [0.4, 0.5) is 0 Å². The van der Waals surface area contributed by atoms with Gasteiger partial charge in [0.1, 0.15) is 0 Å². The molecule has 0 spiro atoms. The van der Waals surface area contributed by atoms with Crippen molar-refractivity contribution in [3.63, 3.8) is 0 Å². The lowest BCUT2D eigenvalue weighted by molar-refractivity contribution is -0.0168. The topological polar surface area (TPSA) is 89.0 Å². The average molecular weight is 239 g/mol. The summed E-state index contributed by atoms with van der Waals surface area (Å²) in [5.41, 5.74) is 6.17. The highest BCUT2D eigenvalue weighted by Gasteiger charge is 2.38. The Bertz CT molecular complexity index is 370. The standard InChI is InChI=1S/C11H21N5O/c1-8(2)16-9(7-14-15-16)10(12)11(17)3-5-13-6-4-11/h7-8,10,13,17H,3-6,12H2,1-2H3. The number of nitrogens with one attached hydrogen (secondary N) is 1. The summed E-state index contributed by atoms with van der Waals surface area (Å²) < 4.78 is 1.78. The van der Waals surface area contributed by atoms with E-state index in [1.54, 1.807) is 10.9 Å². The number of nitrogens with zero attached hydrogens (tertiary/aromatic N) is 3. The van der Waals surface area contributed by atoms with Crippen LogP contribution in [0.1, 0.15) is 44.5 Å². The third-order valence-corrected chi connectivity index (χ3v) is 3.46. The molecule has 1 unspecified atom stereocenters. The lowest BCUT2D eigenvalue weighted by Crippen LogP contribution is -2.49. The zero-order valence-corrected chi connectivity index (χ0v) is 10.4. The van der Waals surface area contributed by atoms with Crippen molar-refractivity contribution in [3.8, 4) is 0 Å². The van der Waals surface area contributed by atoms with Gasteiger partial charge >= 0.3 is 0 Å². The van der Waals surface area contributed by atoms with Gasteiger partial charge in [-0.15, -0.1) is 5.10 Å². The SMILES string of the molecule is CC(C)n1nncc1C(N)C1(O)CCNCC1. The van der Waals surface area contributed by atoms with E-state index in [4.69, 9.17) is 5.73 Å². The molecule has 1 aromatic rings. The number of aliphatic hydroxyl groups is 1. The average Bonchev–Trinajstić information content (AvgIpc) is 2.77. The van der Waals surface area contributed by atoms with E-state index in [-0.39, 0.29) is 6.04 Å². The van der Waals surface area contributed by atoms with Gasteiger partial charge in [-0.1, -0.05) is 5.21 Å². The van der Waals surface area contributed by atoms with Gasteiger partial charge in [-0.2, -0.15) is 0 Å². The van der Waals surface area contributed by atoms with Crippen molar-refractivity contribution >= 4 is 0 Å². The molecule has 1 aliphatic heterocycles. The fourth-order valence-electron chi connectivity index (χ4n) is 2.32. The minimum atomic E-state index is -0.848. The third kappa shape index (κ3) is 2.34. The van der Waals surface area contributed by atoms with Crippen LogP contribution in [0.2, 0.25) is 0 Å². The predicted octanol–water partition coefficient (Wildman–Crippen LogP) is -0.0267. The van der Waals surface area contributed by atoms with Crippen molar-refractivity contribution in [1.82, 2.24) is 20.3 Å². The van der Waals surface area contributed by atoms with Gasteiger partial charge in [-0.05, 0) is 39.8 Å². The van der Waals surface area contributed by atoms with Crippen LogP contribution >= 0.6 is 0 Å². The first-order chi connectivity index (χ1) is 8.04. The summed E-state index contributed by atoms with van der Waals surface area (Å²) in [7, 11) is 0. The van der Waals surface area contributed by atoms with Gasteiger partial charge in [0.15, 0.2) is 0 Å². The van der Waals surface area contributed by atoms with E-state index < -0.39 is 11.6 Å². The molecule has 1 aromatic heterocycles. The van der Waals surface area contributed by atoms with E-state index in [1.165, 1.54) is 0 Å². The van der Waals surface area contributed by atoms with Gasteiger partial charge in [0.05, 0.1) is 23.5 Å². The predicted molar refractivity (Wildman–Crippen MR) is 64.4 cm³/mol. The van der Waals surface area contributed by atoms with Gasteiger partial charge in [0, 0.05) is 6.04 Å². The molecule has 2 heterocycles. The Balaban J connectivity index is 2.23. The molecule has 0 bridgehead atoms. The van der Waals surface area contributed by atoms with E-state index in [0.29, 0.717) is 12.8 Å². The van der Waals surface area contributed by atoms with E-state index in [0.717, 1.165) is 18.8 Å². The summed E-state index contributed by atoms with van der Waals surface area (Å²) in [6.07, 6.45) is 2.99. The van der Waals surface area contributed by atoms with E-state index in [2.05, 4.69) is 15.6 Å². The zero-order chi connectivity index (χ0) is 12.5. The maximum atomic E-state index is 10.6. The van der Waals surface area contributed by atoms with Crippen LogP contribution in [0.3, 0.4) is 0 Å². The maximum Gasteiger partial charge on any atom is 0.0879 e. The van der Waals surface area contributed by atoms with E-state index >= 15 is 0 Å². The van der Waals surface area contributed by atoms with Gasteiger partial charge < -0.3 is 16.2 Å². The van der Waals surface area contributed by atoms with Gasteiger partial charge in [-0.3, -0.25) is 0 Å². The Morgan fingerprint density at radius 1 is 1.47 bits per heavy atom. The molecule has 1 aliphatic rings. The number of nitrogens with two attached hydrogens (primary N) is 1. The highest BCUT2D eigenvalue weighted by Crippen LogP contribution is 2.31. The molecule has 96 valence electrons. The summed E-state index contributed by atoms with van der Waals surface area (Å²) in [5, 5.41) is 21.7.